The topological polar surface area (TPSA) is 132 Å². The van der Waals surface area contributed by atoms with E-state index in [1.807, 2.05) is 47.4 Å². The number of aromatic amines is 1. The molecule has 1 fully saturated rings. The summed E-state index contributed by atoms with van der Waals surface area (Å²) in [5, 5.41) is 13.3. The Bertz CT molecular complexity index is 1340. The first kappa shape index (κ1) is 26.6. The third kappa shape index (κ3) is 6.86. The average molecular weight is 584 g/mol. The van der Waals surface area contributed by atoms with Gasteiger partial charge in [-0.1, -0.05) is 58.4 Å². The van der Waals surface area contributed by atoms with E-state index >= 15 is 0 Å². The number of nitrogens with one attached hydrogen (secondary N) is 2. The quantitative estimate of drug-likeness (QED) is 0.310. The molecule has 4 atom stereocenters. The Hall–Kier alpha value is -2.44. The highest BCUT2D eigenvalue weighted by Crippen LogP contribution is 2.46. The van der Waals surface area contributed by atoms with Crippen molar-refractivity contribution in [2.24, 2.45) is 0 Å². The minimum absolute atomic E-state index is 0.00486. The van der Waals surface area contributed by atoms with E-state index in [9.17, 15) is 23.7 Å². The molecule has 1 aromatic heterocycles. The molecule has 3 N–H and O–H groups in total. The molecule has 0 radical (unpaired) electrons. The van der Waals surface area contributed by atoms with Crippen LogP contribution in [0.15, 0.2) is 74.9 Å². The molecule has 36 heavy (non-hydrogen) atoms. The van der Waals surface area contributed by atoms with Crippen LogP contribution in [0, 0.1) is 5.82 Å². The molecule has 0 bridgehead atoms. The van der Waals surface area contributed by atoms with Crippen molar-refractivity contribution in [3.63, 3.8) is 0 Å². The van der Waals surface area contributed by atoms with Gasteiger partial charge in [-0.15, -0.1) is 0 Å². The second-order valence-electron chi connectivity index (χ2n) is 8.09. The predicted octanol–water partition coefficient (Wildman–Crippen LogP) is 3.22. The van der Waals surface area contributed by atoms with Gasteiger partial charge in [-0.25, -0.2) is 14.4 Å². The van der Waals surface area contributed by atoms with Gasteiger partial charge < -0.3 is 9.84 Å². The average Bonchev–Trinajstić information content (AvgIpc) is 3.24. The molecule has 1 aliphatic heterocycles. The van der Waals surface area contributed by atoms with Gasteiger partial charge in [0.25, 0.3) is 5.56 Å². The molecule has 0 spiro atoms. The van der Waals surface area contributed by atoms with Crippen LogP contribution in [0.3, 0.4) is 0 Å². The van der Waals surface area contributed by atoms with E-state index in [1.165, 1.54) is 0 Å². The number of aliphatic hydroxyl groups is 1. The zero-order chi connectivity index (χ0) is 25.7. The molecule has 2 aromatic carbocycles. The van der Waals surface area contributed by atoms with Crippen LogP contribution in [0.4, 0.5) is 4.39 Å². The number of nitrogens with zero attached hydrogens (tertiary/aromatic N) is 1. The summed E-state index contributed by atoms with van der Waals surface area (Å²) >= 11 is 3.36. The lowest BCUT2D eigenvalue weighted by atomic mass is 10.2. The van der Waals surface area contributed by atoms with Crippen molar-refractivity contribution in [2.75, 3.05) is 6.61 Å². The number of halogens is 2. The molecule has 3 aromatic rings. The fraction of sp³-hybridized carbons (Fsp3) is 0.304. The van der Waals surface area contributed by atoms with Crippen LogP contribution < -0.4 is 16.3 Å². The Morgan fingerprint density at radius 3 is 2.58 bits per heavy atom. The lowest BCUT2D eigenvalue weighted by molar-refractivity contribution is -0.0442. The van der Waals surface area contributed by atoms with Crippen molar-refractivity contribution in [1.29, 1.82) is 0 Å². The summed E-state index contributed by atoms with van der Waals surface area (Å²) in [6, 6.07) is 16.5. The first-order chi connectivity index (χ1) is 17.2. The summed E-state index contributed by atoms with van der Waals surface area (Å²) in [6.45, 7) is -0.145. The van der Waals surface area contributed by atoms with Gasteiger partial charge in [0.05, 0.1) is 25.5 Å². The molecule has 2 heterocycles. The van der Waals surface area contributed by atoms with Crippen molar-refractivity contribution in [2.45, 2.75) is 38.0 Å². The summed E-state index contributed by atoms with van der Waals surface area (Å²) in [5.41, 5.74) is -0.415. The third-order valence-corrected chi connectivity index (χ3v) is 7.51. The Morgan fingerprint density at radius 2 is 1.86 bits per heavy atom. The zero-order valence-electron chi connectivity index (χ0n) is 18.9. The minimum Gasteiger partial charge on any atom is -0.390 e. The number of benzene rings is 2. The number of rotatable bonds is 10. The highest BCUT2D eigenvalue weighted by atomic mass is 79.9. The Labute approximate surface area is 213 Å². The van der Waals surface area contributed by atoms with Crippen LogP contribution in [-0.2, 0) is 31.5 Å². The molecular weight excluding hydrogens is 560 g/mol. The molecule has 1 unspecified atom stereocenters. The molecule has 13 heteroatoms. The number of ether oxygens (including phenoxy) is 1. The van der Waals surface area contributed by atoms with Crippen LogP contribution >= 0.6 is 23.7 Å². The number of aliphatic hydroxyl groups excluding tert-OH is 1. The molecule has 0 aliphatic carbocycles. The van der Waals surface area contributed by atoms with Crippen LogP contribution in [-0.4, -0.2) is 33.5 Å². The Balaban J connectivity index is 1.43. The lowest BCUT2D eigenvalue weighted by Gasteiger charge is -2.22. The fourth-order valence-corrected chi connectivity index (χ4v) is 5.09. The minimum atomic E-state index is -3.89. The Morgan fingerprint density at radius 1 is 1.14 bits per heavy atom. The summed E-state index contributed by atoms with van der Waals surface area (Å²) in [6.07, 6.45) is -2.49. The van der Waals surface area contributed by atoms with E-state index in [0.717, 1.165) is 26.4 Å². The van der Waals surface area contributed by atoms with Crippen molar-refractivity contribution in [3.8, 4) is 0 Å². The number of aromatic nitrogens is 2. The standard InChI is InChI=1S/C23H24BrFN3O7P/c24-17-8-6-16(7-9-17)13-33-36(32,26-11-15-4-2-1-3-5-15)34-14-20-19(29)10-21(35-20)28-12-18(25)22(30)27-23(28)31/h1-9,12,19-21,29H,10-11,13-14H2,(H,26,32)(H,27,30,31)/t19-,20+,21+,36?/m0/s1. The number of H-pyrrole nitrogens is 1. The van der Waals surface area contributed by atoms with Gasteiger partial charge in [0.2, 0.25) is 5.82 Å². The monoisotopic (exact) mass is 583 g/mol. The van der Waals surface area contributed by atoms with Gasteiger partial charge in [0.1, 0.15) is 12.3 Å². The summed E-state index contributed by atoms with van der Waals surface area (Å²) in [4.78, 5) is 25.2. The molecular formula is C23H24BrFN3O7P. The predicted molar refractivity (Wildman–Crippen MR) is 132 cm³/mol. The van der Waals surface area contributed by atoms with Gasteiger partial charge in [0, 0.05) is 17.4 Å². The molecule has 192 valence electrons. The maximum absolute atomic E-state index is 13.7. The molecule has 1 saturated heterocycles. The van der Waals surface area contributed by atoms with Crippen LogP contribution in [0.2, 0.25) is 0 Å². The summed E-state index contributed by atoms with van der Waals surface area (Å²) in [5.74, 6) is -1.16. The smallest absolute Gasteiger partial charge is 0.390 e. The molecule has 4 rings (SSSR count). The van der Waals surface area contributed by atoms with E-state index in [1.54, 1.807) is 12.1 Å². The molecule has 0 saturated carbocycles. The van der Waals surface area contributed by atoms with E-state index in [0.29, 0.717) is 0 Å². The van der Waals surface area contributed by atoms with E-state index in [2.05, 4.69) is 21.0 Å². The van der Waals surface area contributed by atoms with E-state index in [-0.39, 0.29) is 26.2 Å². The second-order valence-corrected chi connectivity index (χ2v) is 10.8. The van der Waals surface area contributed by atoms with Crippen LogP contribution in [0.25, 0.3) is 0 Å². The van der Waals surface area contributed by atoms with E-state index in [4.69, 9.17) is 13.8 Å². The SMILES string of the molecule is O=c1[nH]c(=O)n([C@H]2C[C@H](O)[C@@H](COP(=O)(NCc3ccccc3)OCc3ccc(Br)cc3)O2)cc1F. The summed E-state index contributed by atoms with van der Waals surface area (Å²) in [7, 11) is -3.89. The summed E-state index contributed by atoms with van der Waals surface area (Å²) < 4.78 is 45.9. The third-order valence-electron chi connectivity index (χ3n) is 5.48. The van der Waals surface area contributed by atoms with Crippen molar-refractivity contribution in [3.05, 3.63) is 103 Å². The highest BCUT2D eigenvalue weighted by molar-refractivity contribution is 9.10. The fourth-order valence-electron chi connectivity index (χ4n) is 3.53. The number of hydrogen-bond acceptors (Lipinski definition) is 7. The van der Waals surface area contributed by atoms with E-state index < -0.39 is 43.2 Å². The largest absolute Gasteiger partial charge is 0.406 e. The maximum atomic E-state index is 13.7. The van der Waals surface area contributed by atoms with Gasteiger partial charge in [-0.2, -0.15) is 4.39 Å². The number of hydrogen-bond donors (Lipinski definition) is 3. The first-order valence-electron chi connectivity index (χ1n) is 11.0. The van der Waals surface area contributed by atoms with Crippen LogP contribution in [0.5, 0.6) is 0 Å². The Kier molecular flexibility index (Phi) is 8.68. The van der Waals surface area contributed by atoms with Gasteiger partial charge >= 0.3 is 13.4 Å². The zero-order valence-corrected chi connectivity index (χ0v) is 21.4. The first-order valence-corrected chi connectivity index (χ1v) is 13.3. The van der Waals surface area contributed by atoms with Crippen LogP contribution in [0.1, 0.15) is 23.8 Å². The maximum Gasteiger partial charge on any atom is 0.406 e. The van der Waals surface area contributed by atoms with Gasteiger partial charge in [-0.3, -0.25) is 23.4 Å². The molecule has 1 aliphatic rings. The normalized spacial score (nSPS) is 21.4. The van der Waals surface area contributed by atoms with Crippen molar-refractivity contribution in [1.82, 2.24) is 14.6 Å². The van der Waals surface area contributed by atoms with Crippen molar-refractivity contribution < 1.29 is 27.8 Å². The molecule has 0 amide bonds. The van der Waals surface area contributed by atoms with Crippen molar-refractivity contribution >= 4 is 23.7 Å². The lowest BCUT2D eigenvalue weighted by Crippen LogP contribution is -2.34. The highest BCUT2D eigenvalue weighted by Gasteiger charge is 2.38. The second kappa shape index (κ2) is 11.7. The molecule has 10 nitrogen and oxygen atoms in total. The van der Waals surface area contributed by atoms with Gasteiger partial charge in [0.15, 0.2) is 0 Å². The van der Waals surface area contributed by atoms with Gasteiger partial charge in [-0.05, 0) is 23.3 Å².